The summed E-state index contributed by atoms with van der Waals surface area (Å²) in [4.78, 5) is 28.5. The summed E-state index contributed by atoms with van der Waals surface area (Å²) in [6, 6.07) is 9.82. The molecule has 1 saturated heterocycles. The van der Waals surface area contributed by atoms with Crippen LogP contribution in [0.15, 0.2) is 46.2 Å². The molecule has 0 aromatic heterocycles. The van der Waals surface area contributed by atoms with Crippen molar-refractivity contribution in [3.8, 4) is 11.5 Å². The molecule has 1 fully saturated rings. The third-order valence-corrected chi connectivity index (χ3v) is 9.29. The van der Waals surface area contributed by atoms with Gasteiger partial charge in [-0.05, 0) is 43.2 Å². The summed E-state index contributed by atoms with van der Waals surface area (Å²) < 4.78 is 38.3. The van der Waals surface area contributed by atoms with Crippen molar-refractivity contribution in [3.63, 3.8) is 0 Å². The third-order valence-electron chi connectivity index (χ3n) is 6.07. The predicted molar refractivity (Wildman–Crippen MR) is 135 cm³/mol. The Hall–Kier alpha value is -2.76. The fraction of sp³-hybridized carbons (Fsp3) is 0.417. The number of nitrogens with zero attached hydrogens (tertiary/aromatic N) is 2. The van der Waals surface area contributed by atoms with Crippen LogP contribution in [-0.4, -0.2) is 64.1 Å². The minimum atomic E-state index is -3.67. The SMILES string of the molecule is COc1ccc(NC(=O)CN2C(=O)[C@H](C)CSc3ccc(S(=O)(=O)N4CCCC4)cc32)cc1OC. The van der Waals surface area contributed by atoms with Gasteiger partial charge in [-0.2, -0.15) is 4.31 Å². The van der Waals surface area contributed by atoms with Crippen LogP contribution in [0.4, 0.5) is 11.4 Å². The van der Waals surface area contributed by atoms with Gasteiger partial charge < -0.3 is 19.7 Å². The Labute approximate surface area is 209 Å². The van der Waals surface area contributed by atoms with Gasteiger partial charge in [-0.25, -0.2) is 8.42 Å². The molecule has 2 aromatic carbocycles. The standard InChI is InChI=1S/C24H29N3O6S2/c1-16-15-34-22-9-7-18(35(30,31)26-10-4-5-11-26)13-19(22)27(24(16)29)14-23(28)25-17-6-8-20(32-2)21(12-17)33-3/h6-9,12-13,16H,4-5,10-11,14-15H2,1-3H3,(H,25,28)/t16-/m1/s1. The molecule has 0 radical (unpaired) electrons. The summed E-state index contributed by atoms with van der Waals surface area (Å²) in [5, 5.41) is 2.79. The normalized spacial score (nSPS) is 18.7. The number of anilines is 2. The lowest BCUT2D eigenvalue weighted by Crippen LogP contribution is -2.41. The van der Waals surface area contributed by atoms with Crippen molar-refractivity contribution in [1.29, 1.82) is 0 Å². The zero-order valence-corrected chi connectivity index (χ0v) is 21.6. The Bertz CT molecular complexity index is 1230. The van der Waals surface area contributed by atoms with Gasteiger partial charge in [-0.15, -0.1) is 11.8 Å². The number of amides is 2. The second kappa shape index (κ2) is 10.5. The largest absolute Gasteiger partial charge is 0.493 e. The van der Waals surface area contributed by atoms with Gasteiger partial charge in [-0.1, -0.05) is 6.92 Å². The Morgan fingerprint density at radius 2 is 1.80 bits per heavy atom. The van der Waals surface area contributed by atoms with Gasteiger partial charge in [0, 0.05) is 41.4 Å². The number of hydrogen-bond acceptors (Lipinski definition) is 7. The highest BCUT2D eigenvalue weighted by atomic mass is 32.2. The van der Waals surface area contributed by atoms with Crippen molar-refractivity contribution in [3.05, 3.63) is 36.4 Å². The van der Waals surface area contributed by atoms with Crippen molar-refractivity contribution in [1.82, 2.24) is 4.31 Å². The monoisotopic (exact) mass is 519 g/mol. The summed E-state index contributed by atoms with van der Waals surface area (Å²) in [5.41, 5.74) is 0.926. The topological polar surface area (TPSA) is 105 Å². The van der Waals surface area contributed by atoms with Crippen molar-refractivity contribution < 1.29 is 27.5 Å². The van der Waals surface area contributed by atoms with E-state index in [2.05, 4.69) is 5.32 Å². The molecule has 35 heavy (non-hydrogen) atoms. The number of ether oxygens (including phenoxy) is 2. The summed E-state index contributed by atoms with van der Waals surface area (Å²) in [5.74, 6) is 0.554. The van der Waals surface area contributed by atoms with Gasteiger partial charge in [-0.3, -0.25) is 9.59 Å². The van der Waals surface area contributed by atoms with Gasteiger partial charge in [0.05, 0.1) is 24.8 Å². The molecule has 4 rings (SSSR count). The number of carbonyl (C=O) groups excluding carboxylic acids is 2. The highest BCUT2D eigenvalue weighted by molar-refractivity contribution is 7.99. The molecule has 188 valence electrons. The molecule has 0 unspecified atom stereocenters. The van der Waals surface area contributed by atoms with Gasteiger partial charge >= 0.3 is 0 Å². The van der Waals surface area contributed by atoms with E-state index >= 15 is 0 Å². The number of nitrogens with one attached hydrogen (secondary N) is 1. The highest BCUT2D eigenvalue weighted by Crippen LogP contribution is 2.38. The first-order valence-electron chi connectivity index (χ1n) is 11.3. The molecule has 2 amide bonds. The Balaban J connectivity index is 1.62. The fourth-order valence-electron chi connectivity index (χ4n) is 4.16. The van der Waals surface area contributed by atoms with E-state index in [1.54, 1.807) is 30.3 Å². The molecule has 2 aliphatic heterocycles. The first-order valence-corrected chi connectivity index (χ1v) is 13.8. The summed E-state index contributed by atoms with van der Waals surface area (Å²) in [6.07, 6.45) is 1.66. The molecule has 1 atom stereocenters. The van der Waals surface area contributed by atoms with Gasteiger partial charge in [0.1, 0.15) is 6.54 Å². The molecule has 0 spiro atoms. The van der Waals surface area contributed by atoms with Crippen LogP contribution in [0, 0.1) is 5.92 Å². The minimum Gasteiger partial charge on any atom is -0.493 e. The predicted octanol–water partition coefficient (Wildman–Crippen LogP) is 3.20. The molecular weight excluding hydrogens is 490 g/mol. The maximum atomic E-state index is 13.2. The number of benzene rings is 2. The quantitative estimate of drug-likeness (QED) is 0.599. The van der Waals surface area contributed by atoms with E-state index in [1.165, 1.54) is 41.3 Å². The summed E-state index contributed by atoms with van der Waals surface area (Å²) in [6.45, 7) is 2.53. The first-order chi connectivity index (χ1) is 16.7. The van der Waals surface area contributed by atoms with Crippen LogP contribution in [0.25, 0.3) is 0 Å². The number of methoxy groups -OCH3 is 2. The Morgan fingerprint density at radius 3 is 2.49 bits per heavy atom. The molecule has 2 aliphatic rings. The minimum absolute atomic E-state index is 0.131. The molecule has 2 aromatic rings. The van der Waals surface area contributed by atoms with E-state index in [-0.39, 0.29) is 23.3 Å². The van der Waals surface area contributed by atoms with Gasteiger partial charge in [0.15, 0.2) is 11.5 Å². The van der Waals surface area contributed by atoms with Crippen LogP contribution in [0.2, 0.25) is 0 Å². The number of thioether (sulfide) groups is 1. The van der Waals surface area contributed by atoms with Crippen LogP contribution >= 0.6 is 11.8 Å². The number of sulfonamides is 1. The number of fused-ring (bicyclic) bond motifs is 1. The average molecular weight is 520 g/mol. The molecular formula is C24H29N3O6S2. The molecule has 0 saturated carbocycles. The van der Waals surface area contributed by atoms with Crippen molar-refractivity contribution in [2.45, 2.75) is 29.6 Å². The Kier molecular flexibility index (Phi) is 7.58. The first kappa shape index (κ1) is 25.3. The Morgan fingerprint density at radius 1 is 1.09 bits per heavy atom. The lowest BCUT2D eigenvalue weighted by atomic mass is 10.1. The maximum absolute atomic E-state index is 13.2. The third kappa shape index (κ3) is 5.26. The van der Waals surface area contributed by atoms with E-state index < -0.39 is 15.9 Å². The smallest absolute Gasteiger partial charge is 0.244 e. The van der Waals surface area contributed by atoms with Crippen LogP contribution in [0.3, 0.4) is 0 Å². The number of rotatable bonds is 7. The van der Waals surface area contributed by atoms with Crippen molar-refractivity contribution in [2.75, 3.05) is 49.8 Å². The highest BCUT2D eigenvalue weighted by Gasteiger charge is 2.33. The number of carbonyl (C=O) groups is 2. The molecule has 0 bridgehead atoms. The molecule has 2 heterocycles. The average Bonchev–Trinajstić information content (AvgIpc) is 3.38. The maximum Gasteiger partial charge on any atom is 0.244 e. The molecule has 0 aliphatic carbocycles. The van der Waals surface area contributed by atoms with Crippen LogP contribution in [0.5, 0.6) is 11.5 Å². The zero-order chi connectivity index (χ0) is 25.2. The summed E-state index contributed by atoms with van der Waals surface area (Å²) in [7, 11) is -0.643. The van der Waals surface area contributed by atoms with E-state index in [9.17, 15) is 18.0 Å². The van der Waals surface area contributed by atoms with Crippen molar-refractivity contribution in [2.24, 2.45) is 5.92 Å². The van der Waals surface area contributed by atoms with E-state index in [0.717, 1.165) is 17.7 Å². The van der Waals surface area contributed by atoms with E-state index in [1.807, 2.05) is 6.92 Å². The van der Waals surface area contributed by atoms with Crippen LogP contribution in [-0.2, 0) is 19.6 Å². The summed E-state index contributed by atoms with van der Waals surface area (Å²) >= 11 is 1.48. The second-order valence-corrected chi connectivity index (χ2v) is 11.5. The van der Waals surface area contributed by atoms with E-state index in [0.29, 0.717) is 41.7 Å². The van der Waals surface area contributed by atoms with Crippen LogP contribution < -0.4 is 19.7 Å². The van der Waals surface area contributed by atoms with Crippen molar-refractivity contribution >= 4 is 45.0 Å². The molecule has 11 heteroatoms. The lowest BCUT2D eigenvalue weighted by Gasteiger charge is -2.25. The zero-order valence-electron chi connectivity index (χ0n) is 19.9. The van der Waals surface area contributed by atoms with Crippen LogP contribution in [0.1, 0.15) is 19.8 Å². The molecule has 9 nitrogen and oxygen atoms in total. The van der Waals surface area contributed by atoms with Gasteiger partial charge in [0.25, 0.3) is 0 Å². The van der Waals surface area contributed by atoms with Gasteiger partial charge in [0.2, 0.25) is 21.8 Å². The number of hydrogen-bond donors (Lipinski definition) is 1. The lowest BCUT2D eigenvalue weighted by molar-refractivity contribution is -0.123. The fourth-order valence-corrected chi connectivity index (χ4v) is 6.75. The second-order valence-electron chi connectivity index (χ2n) is 8.50. The van der Waals surface area contributed by atoms with E-state index in [4.69, 9.17) is 9.47 Å². The molecule has 1 N–H and O–H groups in total.